The number of aromatic nitrogens is 4. The lowest BCUT2D eigenvalue weighted by Crippen LogP contribution is -2.28. The molecule has 13 heteroatoms. The highest BCUT2D eigenvalue weighted by atomic mass is 32.2. The minimum Gasteiger partial charge on any atom is -0.381 e. The fourth-order valence-corrected chi connectivity index (χ4v) is 7.64. The maximum atomic E-state index is 14.0. The Bertz CT molecular complexity index is 2030. The highest BCUT2D eigenvalue weighted by molar-refractivity contribution is 7.90. The molecule has 1 aliphatic rings. The Balaban J connectivity index is 1.52. The smallest absolute Gasteiger partial charge is 0.278 e. The van der Waals surface area contributed by atoms with Crippen molar-refractivity contribution in [3.8, 4) is 0 Å². The molecular formula is C27H27N5O6S2. The first-order chi connectivity index (χ1) is 19.0. The number of aromatic amines is 1. The summed E-state index contributed by atoms with van der Waals surface area (Å²) in [6.45, 7) is 3.01. The van der Waals surface area contributed by atoms with Gasteiger partial charge in [-0.3, -0.25) is 4.79 Å². The van der Waals surface area contributed by atoms with Crippen LogP contribution < -0.4 is 10.7 Å². The molecule has 3 N–H and O–H groups in total. The number of hydrogen-bond donors (Lipinski definition) is 2. The lowest BCUT2D eigenvalue weighted by Gasteiger charge is -2.23. The van der Waals surface area contributed by atoms with E-state index < -0.39 is 20.0 Å². The number of aryl methyl sites for hydroxylation is 1. The molecule has 0 amide bonds. The first-order valence-electron chi connectivity index (χ1n) is 12.7. The van der Waals surface area contributed by atoms with Gasteiger partial charge in [0.1, 0.15) is 10.7 Å². The molecule has 11 nitrogen and oxygen atoms in total. The molecule has 0 radical (unpaired) electrons. The largest absolute Gasteiger partial charge is 0.381 e. The van der Waals surface area contributed by atoms with Crippen molar-refractivity contribution in [3.05, 3.63) is 88.2 Å². The summed E-state index contributed by atoms with van der Waals surface area (Å²) in [5, 5.41) is 5.88. The summed E-state index contributed by atoms with van der Waals surface area (Å²) < 4.78 is 61.1. The second-order valence-corrected chi connectivity index (χ2v) is 13.3. The van der Waals surface area contributed by atoms with Crippen LogP contribution in [-0.2, 0) is 31.2 Å². The molecule has 1 fully saturated rings. The molecule has 5 aromatic rings. The second-order valence-electron chi connectivity index (χ2n) is 9.95. The summed E-state index contributed by atoms with van der Waals surface area (Å²) in [4.78, 5) is 20.6. The van der Waals surface area contributed by atoms with Crippen LogP contribution in [-0.4, -0.2) is 48.6 Å². The van der Waals surface area contributed by atoms with Crippen LogP contribution in [0.25, 0.3) is 21.9 Å². The van der Waals surface area contributed by atoms with E-state index in [1.165, 1.54) is 24.3 Å². The van der Waals surface area contributed by atoms with Gasteiger partial charge in [-0.05, 0) is 50.1 Å². The van der Waals surface area contributed by atoms with Gasteiger partial charge in [-0.2, -0.15) is 0 Å². The van der Waals surface area contributed by atoms with Crippen molar-refractivity contribution < 1.29 is 21.6 Å². The summed E-state index contributed by atoms with van der Waals surface area (Å²) in [7, 11) is -8.52. The Kier molecular flexibility index (Phi) is 6.41. The molecule has 4 heterocycles. The SMILES string of the molecule is Cc1ccc(S(=O)(=O)n2c(Cc3nc4c(=O)n(C5CCOCC5)ccc4[nH]3)cc3cccc(S(N)(=O)=O)c32)cc1. The van der Waals surface area contributed by atoms with Crippen molar-refractivity contribution in [2.45, 2.75) is 42.0 Å². The number of pyridine rings is 1. The highest BCUT2D eigenvalue weighted by Gasteiger charge is 2.28. The number of benzene rings is 2. The molecule has 0 aliphatic carbocycles. The Hall–Kier alpha value is -3.78. The maximum absolute atomic E-state index is 14.0. The van der Waals surface area contributed by atoms with Gasteiger partial charge < -0.3 is 14.3 Å². The lowest BCUT2D eigenvalue weighted by atomic mass is 10.1. The predicted molar refractivity (Wildman–Crippen MR) is 149 cm³/mol. The number of H-pyrrole nitrogens is 1. The fraction of sp³-hybridized carbons (Fsp3) is 0.259. The van der Waals surface area contributed by atoms with Gasteiger partial charge >= 0.3 is 0 Å². The molecule has 1 saturated heterocycles. The topological polar surface area (TPSA) is 159 Å². The normalized spacial score (nSPS) is 15.2. The van der Waals surface area contributed by atoms with E-state index in [1.807, 2.05) is 6.92 Å². The molecule has 208 valence electrons. The third-order valence-electron chi connectivity index (χ3n) is 7.23. The van der Waals surface area contributed by atoms with Gasteiger partial charge in [-0.1, -0.05) is 29.8 Å². The van der Waals surface area contributed by atoms with Crippen LogP contribution in [0.4, 0.5) is 0 Å². The molecule has 1 aliphatic heterocycles. The van der Waals surface area contributed by atoms with Crippen LogP contribution in [0.5, 0.6) is 0 Å². The first kappa shape index (κ1) is 26.4. The molecule has 2 aromatic carbocycles. The third kappa shape index (κ3) is 4.54. The molecule has 3 aromatic heterocycles. The minimum absolute atomic E-state index is 0.00923. The molecule has 0 unspecified atom stereocenters. The zero-order valence-electron chi connectivity index (χ0n) is 21.6. The van der Waals surface area contributed by atoms with Gasteiger partial charge in [-0.25, -0.2) is 30.9 Å². The summed E-state index contributed by atoms with van der Waals surface area (Å²) in [5.74, 6) is 0.358. The number of nitrogens with two attached hydrogens (primary N) is 1. The van der Waals surface area contributed by atoms with Crippen molar-refractivity contribution in [3.63, 3.8) is 0 Å². The van der Waals surface area contributed by atoms with Crippen molar-refractivity contribution in [2.24, 2.45) is 5.14 Å². The number of rotatable bonds is 6. The van der Waals surface area contributed by atoms with Crippen LogP contribution in [0.3, 0.4) is 0 Å². The number of fused-ring (bicyclic) bond motifs is 2. The van der Waals surface area contributed by atoms with Crippen molar-refractivity contribution in [1.82, 2.24) is 18.5 Å². The van der Waals surface area contributed by atoms with Gasteiger partial charge in [0.15, 0.2) is 5.52 Å². The number of primary sulfonamides is 1. The van der Waals surface area contributed by atoms with Gasteiger partial charge in [-0.15, -0.1) is 0 Å². The van der Waals surface area contributed by atoms with E-state index in [9.17, 15) is 21.6 Å². The van der Waals surface area contributed by atoms with Crippen LogP contribution in [0.15, 0.2) is 75.4 Å². The van der Waals surface area contributed by atoms with E-state index in [2.05, 4.69) is 9.97 Å². The van der Waals surface area contributed by atoms with E-state index in [0.29, 0.717) is 29.9 Å². The summed E-state index contributed by atoms with van der Waals surface area (Å²) >= 11 is 0. The number of imidazole rings is 1. The Morgan fingerprint density at radius 1 is 1.05 bits per heavy atom. The number of nitrogens with one attached hydrogen (secondary N) is 1. The summed E-state index contributed by atoms with van der Waals surface area (Å²) in [6.07, 6.45) is 3.17. The zero-order valence-corrected chi connectivity index (χ0v) is 23.2. The van der Waals surface area contributed by atoms with Gasteiger partial charge in [0.2, 0.25) is 10.0 Å². The lowest BCUT2D eigenvalue weighted by molar-refractivity contribution is 0.0688. The predicted octanol–water partition coefficient (Wildman–Crippen LogP) is 2.81. The quantitative estimate of drug-likeness (QED) is 0.312. The van der Waals surface area contributed by atoms with E-state index in [1.54, 1.807) is 41.1 Å². The van der Waals surface area contributed by atoms with Crippen LogP contribution in [0, 0.1) is 6.92 Å². The molecule has 0 atom stereocenters. The average molecular weight is 582 g/mol. The van der Waals surface area contributed by atoms with Crippen molar-refractivity contribution in [1.29, 1.82) is 0 Å². The zero-order chi connectivity index (χ0) is 28.2. The minimum atomic E-state index is -4.26. The number of nitrogens with zero attached hydrogens (tertiary/aromatic N) is 3. The third-order valence-corrected chi connectivity index (χ3v) is 9.94. The van der Waals surface area contributed by atoms with Crippen molar-refractivity contribution >= 4 is 42.0 Å². The average Bonchev–Trinajstić information content (AvgIpc) is 3.50. The Morgan fingerprint density at radius 2 is 1.77 bits per heavy atom. The standard InChI is InChI=1S/C27H27N5O6S2/c1-17-5-7-21(8-6-17)40(36,37)32-20(15-18-3-2-4-23(26(18)32)39(28,34)35)16-24-29-22-9-12-31(27(33)25(22)30-24)19-10-13-38-14-11-19/h2-9,12,15,19H,10-11,13-14,16H2,1H3,(H,29,30)(H2,28,34,35). The highest BCUT2D eigenvalue weighted by Crippen LogP contribution is 2.31. The monoisotopic (exact) mass is 581 g/mol. The van der Waals surface area contributed by atoms with E-state index in [4.69, 9.17) is 9.88 Å². The van der Waals surface area contributed by atoms with E-state index in [-0.39, 0.29) is 44.5 Å². The van der Waals surface area contributed by atoms with Crippen LogP contribution in [0.1, 0.15) is 36.0 Å². The molecule has 6 rings (SSSR count). The summed E-state index contributed by atoms with van der Waals surface area (Å²) in [5.41, 5.74) is 1.62. The van der Waals surface area contributed by atoms with Gasteiger partial charge in [0.05, 0.1) is 15.9 Å². The Morgan fingerprint density at radius 3 is 2.48 bits per heavy atom. The first-order valence-corrected chi connectivity index (χ1v) is 15.7. The molecule has 40 heavy (non-hydrogen) atoms. The number of ether oxygens (including phenoxy) is 1. The molecular weight excluding hydrogens is 554 g/mol. The molecule has 0 saturated carbocycles. The number of para-hydroxylation sites is 1. The van der Waals surface area contributed by atoms with Gasteiger partial charge in [0, 0.05) is 43.0 Å². The van der Waals surface area contributed by atoms with Crippen molar-refractivity contribution in [2.75, 3.05) is 13.2 Å². The molecule has 0 spiro atoms. The fourth-order valence-electron chi connectivity index (χ4n) is 5.27. The summed E-state index contributed by atoms with van der Waals surface area (Å²) in [6, 6.07) is 14.1. The molecule has 0 bridgehead atoms. The second kappa shape index (κ2) is 9.70. The number of hydrogen-bond acceptors (Lipinski definition) is 7. The number of sulfonamides is 1. The van der Waals surface area contributed by atoms with Crippen LogP contribution >= 0.6 is 0 Å². The van der Waals surface area contributed by atoms with Gasteiger partial charge in [0.25, 0.3) is 15.6 Å². The maximum Gasteiger partial charge on any atom is 0.278 e. The van der Waals surface area contributed by atoms with E-state index in [0.717, 1.165) is 22.4 Å². The van der Waals surface area contributed by atoms with E-state index >= 15 is 0 Å². The van der Waals surface area contributed by atoms with Crippen LogP contribution in [0.2, 0.25) is 0 Å². The Labute approximate surface area is 230 Å².